The molecule has 21 heavy (non-hydrogen) atoms. The molecule has 0 aliphatic carbocycles. The van der Waals surface area contributed by atoms with Crippen molar-refractivity contribution in [2.45, 2.75) is 38.3 Å². The maximum absolute atomic E-state index is 12.2. The number of hydrogen-bond donors (Lipinski definition) is 2. The third-order valence-corrected chi connectivity index (χ3v) is 4.39. The Bertz CT molecular complexity index is 508. The minimum absolute atomic E-state index is 0.0628. The third-order valence-electron chi connectivity index (χ3n) is 3.82. The van der Waals surface area contributed by atoms with Gasteiger partial charge in [-0.25, -0.2) is 0 Å². The number of likely N-dealkylation sites (tertiary alicyclic amines) is 1. The summed E-state index contributed by atoms with van der Waals surface area (Å²) in [5.74, 6) is -0.0910. The zero-order valence-corrected chi connectivity index (χ0v) is 13.6. The summed E-state index contributed by atoms with van der Waals surface area (Å²) in [6, 6.07) is 5.34. The second kappa shape index (κ2) is 7.45. The number of carbonyl (C=O) groups excluding carboxylic acids is 1. The van der Waals surface area contributed by atoms with Crippen LogP contribution in [0.1, 0.15) is 26.2 Å². The highest BCUT2D eigenvalue weighted by molar-refractivity contribution is 6.35. The highest BCUT2D eigenvalue weighted by Crippen LogP contribution is 2.25. The van der Waals surface area contributed by atoms with E-state index >= 15 is 0 Å². The molecule has 6 heteroatoms. The van der Waals surface area contributed by atoms with Crippen LogP contribution in [0, 0.1) is 0 Å². The van der Waals surface area contributed by atoms with Gasteiger partial charge < -0.3 is 11.1 Å². The summed E-state index contributed by atoms with van der Waals surface area (Å²) in [6.45, 7) is 3.23. The van der Waals surface area contributed by atoms with Crippen LogP contribution in [0.4, 0.5) is 5.69 Å². The first kappa shape index (κ1) is 16.6. The first-order valence-electron chi connectivity index (χ1n) is 7.22. The highest BCUT2D eigenvalue weighted by Gasteiger charge is 2.26. The Hall–Kier alpha value is -0.810. The number of carbonyl (C=O) groups is 1. The number of nitrogens with zero attached hydrogens (tertiary/aromatic N) is 1. The summed E-state index contributed by atoms with van der Waals surface area (Å²) in [7, 11) is 0. The molecule has 0 radical (unpaired) electrons. The number of anilines is 1. The number of hydrogen-bond acceptors (Lipinski definition) is 3. The molecule has 2 rings (SSSR count). The fraction of sp³-hybridized carbons (Fsp3) is 0.533. The molecule has 116 valence electrons. The van der Waals surface area contributed by atoms with Gasteiger partial charge in [-0.15, -0.1) is 0 Å². The lowest BCUT2D eigenvalue weighted by Gasteiger charge is -2.37. The van der Waals surface area contributed by atoms with Crippen LogP contribution in [0.15, 0.2) is 18.2 Å². The Kier molecular flexibility index (Phi) is 5.88. The number of nitrogens with two attached hydrogens (primary N) is 1. The Labute approximate surface area is 135 Å². The number of piperidine rings is 1. The molecule has 0 saturated carbocycles. The molecule has 1 aliphatic heterocycles. The molecule has 3 N–H and O–H groups in total. The van der Waals surface area contributed by atoms with Gasteiger partial charge in [0.2, 0.25) is 5.91 Å². The van der Waals surface area contributed by atoms with E-state index in [9.17, 15) is 4.79 Å². The minimum atomic E-state index is -0.0910. The number of rotatable bonds is 4. The molecule has 0 bridgehead atoms. The van der Waals surface area contributed by atoms with E-state index in [1.165, 1.54) is 6.42 Å². The number of halogens is 2. The predicted octanol–water partition coefficient (Wildman–Crippen LogP) is 3.13. The van der Waals surface area contributed by atoms with Crippen LogP contribution in [-0.2, 0) is 4.79 Å². The molecular formula is C15H21Cl2N3O. The zero-order valence-electron chi connectivity index (χ0n) is 12.1. The Morgan fingerprint density at radius 2 is 2.24 bits per heavy atom. The van der Waals surface area contributed by atoms with Crippen LogP contribution in [0.5, 0.6) is 0 Å². The predicted molar refractivity (Wildman–Crippen MR) is 88.0 cm³/mol. The fourth-order valence-electron chi connectivity index (χ4n) is 2.78. The lowest BCUT2D eigenvalue weighted by atomic mass is 9.97. The second-order valence-electron chi connectivity index (χ2n) is 5.57. The van der Waals surface area contributed by atoms with Crippen molar-refractivity contribution in [3.8, 4) is 0 Å². The molecule has 1 saturated heterocycles. The summed E-state index contributed by atoms with van der Waals surface area (Å²) >= 11 is 12.0. The first-order valence-corrected chi connectivity index (χ1v) is 7.97. The van der Waals surface area contributed by atoms with Crippen molar-refractivity contribution in [2.24, 2.45) is 5.73 Å². The lowest BCUT2D eigenvalue weighted by molar-refractivity contribution is -0.118. The van der Waals surface area contributed by atoms with Gasteiger partial charge >= 0.3 is 0 Å². The topological polar surface area (TPSA) is 58.4 Å². The molecule has 2 atom stereocenters. The zero-order chi connectivity index (χ0) is 15.4. The normalized spacial score (nSPS) is 21.0. The molecule has 1 aromatic rings. The number of amides is 1. The molecule has 1 amide bonds. The van der Waals surface area contributed by atoms with Crippen LogP contribution in [0.25, 0.3) is 0 Å². The van der Waals surface area contributed by atoms with E-state index in [1.54, 1.807) is 18.2 Å². The summed E-state index contributed by atoms with van der Waals surface area (Å²) in [6.07, 6.45) is 3.32. The quantitative estimate of drug-likeness (QED) is 0.892. The van der Waals surface area contributed by atoms with E-state index in [0.29, 0.717) is 22.3 Å². The van der Waals surface area contributed by atoms with Crippen LogP contribution < -0.4 is 11.1 Å². The monoisotopic (exact) mass is 329 g/mol. The average Bonchev–Trinajstić information content (AvgIpc) is 2.43. The van der Waals surface area contributed by atoms with E-state index in [2.05, 4.69) is 10.2 Å². The molecule has 1 heterocycles. The summed E-state index contributed by atoms with van der Waals surface area (Å²) < 4.78 is 0. The van der Waals surface area contributed by atoms with Crippen molar-refractivity contribution < 1.29 is 4.79 Å². The second-order valence-corrected chi connectivity index (χ2v) is 6.41. The van der Waals surface area contributed by atoms with E-state index in [0.717, 1.165) is 19.4 Å². The summed E-state index contributed by atoms with van der Waals surface area (Å²) in [5.41, 5.74) is 6.56. The largest absolute Gasteiger partial charge is 0.327 e. The fourth-order valence-corrected chi connectivity index (χ4v) is 3.11. The van der Waals surface area contributed by atoms with E-state index in [-0.39, 0.29) is 18.0 Å². The molecule has 2 unspecified atom stereocenters. The first-order chi connectivity index (χ1) is 9.97. The van der Waals surface area contributed by atoms with Gasteiger partial charge in [0.25, 0.3) is 0 Å². The standard InChI is InChI=1S/C15H21Cl2N3O/c1-10(18)14-4-2-3-7-20(14)9-15(21)19-13-8-11(16)5-6-12(13)17/h5-6,8,10,14H,2-4,7,9,18H2,1H3,(H,19,21). The van der Waals surface area contributed by atoms with Crippen LogP contribution in [0.3, 0.4) is 0 Å². The van der Waals surface area contributed by atoms with Crippen molar-refractivity contribution in [3.05, 3.63) is 28.2 Å². The Morgan fingerprint density at radius 3 is 2.95 bits per heavy atom. The van der Waals surface area contributed by atoms with Gasteiger partial charge in [0.05, 0.1) is 17.3 Å². The maximum atomic E-state index is 12.2. The molecule has 4 nitrogen and oxygen atoms in total. The lowest BCUT2D eigenvalue weighted by Crippen LogP contribution is -2.51. The van der Waals surface area contributed by atoms with Crippen molar-refractivity contribution in [1.29, 1.82) is 0 Å². The van der Waals surface area contributed by atoms with Crippen molar-refractivity contribution >= 4 is 34.8 Å². The van der Waals surface area contributed by atoms with Crippen molar-refractivity contribution in [2.75, 3.05) is 18.4 Å². The van der Waals surface area contributed by atoms with Crippen LogP contribution in [0.2, 0.25) is 10.0 Å². The van der Waals surface area contributed by atoms with Crippen LogP contribution >= 0.6 is 23.2 Å². The average molecular weight is 330 g/mol. The van der Waals surface area contributed by atoms with Gasteiger partial charge in [0.15, 0.2) is 0 Å². The number of nitrogens with one attached hydrogen (secondary N) is 1. The van der Waals surface area contributed by atoms with Gasteiger partial charge in [-0.1, -0.05) is 29.6 Å². The van der Waals surface area contributed by atoms with E-state index in [4.69, 9.17) is 28.9 Å². The highest BCUT2D eigenvalue weighted by atomic mass is 35.5. The third kappa shape index (κ3) is 4.58. The molecule has 0 spiro atoms. The van der Waals surface area contributed by atoms with Gasteiger partial charge in [0, 0.05) is 17.1 Å². The molecular weight excluding hydrogens is 309 g/mol. The van der Waals surface area contributed by atoms with Crippen molar-refractivity contribution in [3.63, 3.8) is 0 Å². The van der Waals surface area contributed by atoms with E-state index < -0.39 is 0 Å². The number of benzene rings is 1. The SMILES string of the molecule is CC(N)C1CCCCN1CC(=O)Nc1cc(Cl)ccc1Cl. The van der Waals surface area contributed by atoms with Crippen LogP contribution in [-0.4, -0.2) is 36.0 Å². The Morgan fingerprint density at radius 1 is 1.48 bits per heavy atom. The van der Waals surface area contributed by atoms with Gasteiger partial charge in [0.1, 0.15) is 0 Å². The van der Waals surface area contributed by atoms with Gasteiger partial charge in [-0.05, 0) is 44.5 Å². The molecule has 1 fully saturated rings. The minimum Gasteiger partial charge on any atom is -0.327 e. The maximum Gasteiger partial charge on any atom is 0.238 e. The van der Waals surface area contributed by atoms with Crippen molar-refractivity contribution in [1.82, 2.24) is 4.90 Å². The van der Waals surface area contributed by atoms with E-state index in [1.807, 2.05) is 6.92 Å². The van der Waals surface area contributed by atoms with Gasteiger partial charge in [-0.3, -0.25) is 9.69 Å². The molecule has 1 aromatic carbocycles. The molecule has 1 aliphatic rings. The van der Waals surface area contributed by atoms with Gasteiger partial charge in [-0.2, -0.15) is 0 Å². The smallest absolute Gasteiger partial charge is 0.238 e. The summed E-state index contributed by atoms with van der Waals surface area (Å²) in [4.78, 5) is 14.4. The molecule has 0 aromatic heterocycles. The Balaban J connectivity index is 1.98. The summed E-state index contributed by atoms with van der Waals surface area (Å²) in [5, 5.41) is 3.84.